The summed E-state index contributed by atoms with van der Waals surface area (Å²) < 4.78 is 5.64. The predicted molar refractivity (Wildman–Crippen MR) is 76.4 cm³/mol. The largest absolute Gasteiger partial charge is 0.383 e. The first-order chi connectivity index (χ1) is 9.08. The molecular weight excluding hydrogens is 244 g/mol. The number of ether oxygens (including phenoxy) is 1. The molecule has 1 unspecified atom stereocenters. The smallest absolute Gasteiger partial charge is 0.292 e. The third kappa shape index (κ3) is 4.87. The first-order valence-electron chi connectivity index (χ1n) is 6.61. The molecule has 0 spiro atoms. The molecule has 1 aromatic rings. The maximum atomic E-state index is 10.8. The maximum absolute atomic E-state index is 10.8. The first kappa shape index (κ1) is 15.4. The minimum atomic E-state index is -0.389. The molecule has 1 N–H and O–H groups in total. The first-order valence-corrected chi connectivity index (χ1v) is 6.61. The molecule has 0 saturated heterocycles. The molecule has 0 fully saturated rings. The number of rotatable bonds is 8. The van der Waals surface area contributed by atoms with Crippen LogP contribution in [-0.4, -0.2) is 18.6 Å². The van der Waals surface area contributed by atoms with Crippen LogP contribution in [0.3, 0.4) is 0 Å². The van der Waals surface area contributed by atoms with E-state index in [9.17, 15) is 10.1 Å². The van der Waals surface area contributed by atoms with E-state index in [0.717, 1.165) is 25.0 Å². The minimum Gasteiger partial charge on any atom is -0.383 e. The van der Waals surface area contributed by atoms with Crippen LogP contribution in [0.4, 0.5) is 11.4 Å². The molecule has 1 aromatic carbocycles. The van der Waals surface area contributed by atoms with Gasteiger partial charge in [0.2, 0.25) is 0 Å². The van der Waals surface area contributed by atoms with Gasteiger partial charge in [0.1, 0.15) is 5.69 Å². The fourth-order valence-corrected chi connectivity index (χ4v) is 1.99. The molecule has 0 aliphatic carbocycles. The number of nitrogens with one attached hydrogen (secondary N) is 1. The molecule has 0 amide bonds. The van der Waals surface area contributed by atoms with Crippen molar-refractivity contribution in [2.45, 2.75) is 33.3 Å². The summed E-state index contributed by atoms with van der Waals surface area (Å²) in [5.74, 6) is 0.548. The van der Waals surface area contributed by atoms with E-state index in [2.05, 4.69) is 19.2 Å². The van der Waals surface area contributed by atoms with Gasteiger partial charge in [0.15, 0.2) is 0 Å². The van der Waals surface area contributed by atoms with E-state index in [1.807, 2.05) is 0 Å². The summed E-state index contributed by atoms with van der Waals surface area (Å²) >= 11 is 0. The highest BCUT2D eigenvalue weighted by molar-refractivity contribution is 5.62. The zero-order chi connectivity index (χ0) is 14.3. The van der Waals surface area contributed by atoms with Crippen molar-refractivity contribution >= 4 is 11.4 Å². The maximum Gasteiger partial charge on any atom is 0.292 e. The van der Waals surface area contributed by atoms with Crippen molar-refractivity contribution in [1.29, 1.82) is 0 Å². The molecule has 19 heavy (non-hydrogen) atoms. The second-order valence-corrected chi connectivity index (χ2v) is 4.77. The van der Waals surface area contributed by atoms with E-state index in [4.69, 9.17) is 4.74 Å². The molecule has 0 radical (unpaired) electrons. The number of nitro groups is 1. The number of nitro benzene ring substituents is 1. The van der Waals surface area contributed by atoms with Crippen LogP contribution in [0.5, 0.6) is 0 Å². The quantitative estimate of drug-likeness (QED) is 0.577. The fourth-order valence-electron chi connectivity index (χ4n) is 1.99. The SMILES string of the molecule is CCCC(C)COCc1ccc([N+](=O)[O-])c(NC)c1. The van der Waals surface area contributed by atoms with Crippen molar-refractivity contribution in [3.63, 3.8) is 0 Å². The summed E-state index contributed by atoms with van der Waals surface area (Å²) in [5, 5.41) is 13.6. The van der Waals surface area contributed by atoms with Crippen molar-refractivity contribution < 1.29 is 9.66 Å². The molecule has 5 nitrogen and oxygen atoms in total. The van der Waals surface area contributed by atoms with Crippen molar-refractivity contribution in [3.05, 3.63) is 33.9 Å². The third-order valence-electron chi connectivity index (χ3n) is 2.98. The summed E-state index contributed by atoms with van der Waals surface area (Å²) in [6.07, 6.45) is 2.31. The molecule has 1 rings (SSSR count). The zero-order valence-corrected chi connectivity index (χ0v) is 11.8. The van der Waals surface area contributed by atoms with Gasteiger partial charge in [-0.15, -0.1) is 0 Å². The number of hydrogen-bond acceptors (Lipinski definition) is 4. The summed E-state index contributed by atoms with van der Waals surface area (Å²) in [6, 6.07) is 5.02. The Kier molecular flexibility index (Phi) is 6.29. The highest BCUT2D eigenvalue weighted by Gasteiger charge is 2.12. The van der Waals surface area contributed by atoms with Gasteiger partial charge in [-0.25, -0.2) is 0 Å². The van der Waals surface area contributed by atoms with Crippen LogP contribution in [0.25, 0.3) is 0 Å². The van der Waals surface area contributed by atoms with E-state index in [0.29, 0.717) is 18.2 Å². The fraction of sp³-hybridized carbons (Fsp3) is 0.571. The lowest BCUT2D eigenvalue weighted by molar-refractivity contribution is -0.384. The van der Waals surface area contributed by atoms with E-state index in [1.165, 1.54) is 6.07 Å². The van der Waals surface area contributed by atoms with Crippen molar-refractivity contribution in [2.75, 3.05) is 19.0 Å². The van der Waals surface area contributed by atoms with E-state index < -0.39 is 0 Å². The molecule has 0 aliphatic heterocycles. The number of hydrogen-bond donors (Lipinski definition) is 1. The average molecular weight is 266 g/mol. The van der Waals surface area contributed by atoms with Crippen molar-refractivity contribution in [3.8, 4) is 0 Å². The molecule has 0 aromatic heterocycles. The molecule has 0 bridgehead atoms. The molecule has 0 saturated carbocycles. The molecule has 1 atom stereocenters. The van der Waals surface area contributed by atoms with E-state index >= 15 is 0 Å². The van der Waals surface area contributed by atoms with Gasteiger partial charge in [-0.3, -0.25) is 10.1 Å². The van der Waals surface area contributed by atoms with Gasteiger partial charge in [0.25, 0.3) is 5.69 Å². The van der Waals surface area contributed by atoms with Crippen molar-refractivity contribution in [1.82, 2.24) is 0 Å². The lowest BCUT2D eigenvalue weighted by Gasteiger charge is -2.11. The van der Waals surface area contributed by atoms with Crippen LogP contribution in [0.2, 0.25) is 0 Å². The van der Waals surface area contributed by atoms with E-state index in [-0.39, 0.29) is 10.6 Å². The predicted octanol–water partition coefficient (Wildman–Crippen LogP) is 3.59. The second-order valence-electron chi connectivity index (χ2n) is 4.77. The zero-order valence-electron chi connectivity index (χ0n) is 11.8. The van der Waals surface area contributed by atoms with E-state index in [1.54, 1.807) is 19.2 Å². The topological polar surface area (TPSA) is 64.4 Å². The molecule has 5 heteroatoms. The monoisotopic (exact) mass is 266 g/mol. The standard InChI is InChI=1S/C14H22N2O3/c1-4-5-11(2)9-19-10-12-6-7-14(16(17)18)13(8-12)15-3/h6-8,11,15H,4-5,9-10H2,1-3H3. The number of anilines is 1. The van der Waals surface area contributed by atoms with Gasteiger partial charge >= 0.3 is 0 Å². The normalized spacial score (nSPS) is 12.2. The van der Waals surface area contributed by atoms with Gasteiger partial charge in [0.05, 0.1) is 11.5 Å². The Morgan fingerprint density at radius 2 is 2.21 bits per heavy atom. The Bertz CT molecular complexity index is 421. The molecular formula is C14H22N2O3. The molecule has 0 heterocycles. The minimum absolute atomic E-state index is 0.0885. The van der Waals surface area contributed by atoms with Gasteiger partial charge in [-0.1, -0.05) is 20.3 Å². The number of benzene rings is 1. The Morgan fingerprint density at radius 3 is 2.79 bits per heavy atom. The van der Waals surface area contributed by atoms with Gasteiger partial charge < -0.3 is 10.1 Å². The van der Waals surface area contributed by atoms with Crippen LogP contribution < -0.4 is 5.32 Å². The van der Waals surface area contributed by atoms with Gasteiger partial charge in [0, 0.05) is 19.7 Å². The van der Waals surface area contributed by atoms with Gasteiger partial charge in [-0.05, 0) is 30.0 Å². The molecule has 0 aliphatic rings. The van der Waals surface area contributed by atoms with Gasteiger partial charge in [-0.2, -0.15) is 0 Å². The summed E-state index contributed by atoms with van der Waals surface area (Å²) in [5.41, 5.74) is 1.55. The van der Waals surface area contributed by atoms with Crippen LogP contribution in [-0.2, 0) is 11.3 Å². The summed E-state index contributed by atoms with van der Waals surface area (Å²) in [6.45, 7) is 5.53. The Labute approximate surface area is 114 Å². The van der Waals surface area contributed by atoms with Crippen molar-refractivity contribution in [2.24, 2.45) is 5.92 Å². The summed E-state index contributed by atoms with van der Waals surface area (Å²) in [7, 11) is 1.68. The lowest BCUT2D eigenvalue weighted by Crippen LogP contribution is -2.06. The highest BCUT2D eigenvalue weighted by Crippen LogP contribution is 2.25. The average Bonchev–Trinajstić information content (AvgIpc) is 2.38. The van der Waals surface area contributed by atoms with Crippen LogP contribution in [0.15, 0.2) is 18.2 Å². The van der Waals surface area contributed by atoms with Crippen LogP contribution in [0, 0.1) is 16.0 Å². The third-order valence-corrected chi connectivity index (χ3v) is 2.98. The number of nitrogens with zero attached hydrogens (tertiary/aromatic N) is 1. The molecule has 106 valence electrons. The Hall–Kier alpha value is -1.62. The Balaban J connectivity index is 2.58. The Morgan fingerprint density at radius 1 is 1.47 bits per heavy atom. The second kappa shape index (κ2) is 7.74. The lowest BCUT2D eigenvalue weighted by atomic mass is 10.1. The van der Waals surface area contributed by atoms with Crippen LogP contribution >= 0.6 is 0 Å². The summed E-state index contributed by atoms with van der Waals surface area (Å²) in [4.78, 5) is 10.4. The van der Waals surface area contributed by atoms with Crippen LogP contribution in [0.1, 0.15) is 32.3 Å². The highest BCUT2D eigenvalue weighted by atomic mass is 16.6.